The van der Waals surface area contributed by atoms with Gasteiger partial charge in [0, 0.05) is 24.5 Å². The van der Waals surface area contributed by atoms with Gasteiger partial charge in [0.25, 0.3) is 0 Å². The average molecular weight is 337 g/mol. The number of aryl methyl sites for hydroxylation is 1. The van der Waals surface area contributed by atoms with Crippen molar-refractivity contribution in [2.45, 2.75) is 38.6 Å². The minimum atomic E-state index is -0.841. The summed E-state index contributed by atoms with van der Waals surface area (Å²) in [5.74, 6) is -0.0995. The minimum absolute atomic E-state index is 0.0995. The van der Waals surface area contributed by atoms with Crippen LogP contribution in [0.25, 0.3) is 0 Å². The summed E-state index contributed by atoms with van der Waals surface area (Å²) in [5, 5.41) is 3.00. The Morgan fingerprint density at radius 1 is 1.08 bits per heavy atom. The van der Waals surface area contributed by atoms with Crippen molar-refractivity contribution >= 4 is 17.3 Å². The second-order valence-electron chi connectivity index (χ2n) is 6.77. The topological polar surface area (TPSA) is 58.4 Å². The molecule has 0 radical (unpaired) electrons. The van der Waals surface area contributed by atoms with Gasteiger partial charge in [0.1, 0.15) is 5.54 Å². The number of benzene rings is 2. The van der Waals surface area contributed by atoms with Gasteiger partial charge in [0.2, 0.25) is 5.91 Å². The summed E-state index contributed by atoms with van der Waals surface area (Å²) in [4.78, 5) is 15.1. The number of rotatable bonds is 5. The Morgan fingerprint density at radius 3 is 2.36 bits per heavy atom. The molecule has 0 aromatic heterocycles. The Kier molecular flexibility index (Phi) is 5.09. The molecule has 0 heterocycles. The van der Waals surface area contributed by atoms with Crippen LogP contribution in [-0.2, 0) is 17.6 Å². The highest BCUT2D eigenvalue weighted by atomic mass is 16.2. The number of nitrogens with zero attached hydrogens (tertiary/aromatic N) is 1. The lowest BCUT2D eigenvalue weighted by Crippen LogP contribution is -2.54. The van der Waals surface area contributed by atoms with Crippen LogP contribution >= 0.6 is 0 Å². The summed E-state index contributed by atoms with van der Waals surface area (Å²) in [5.41, 5.74) is 10.1. The van der Waals surface area contributed by atoms with Crippen molar-refractivity contribution in [3.63, 3.8) is 0 Å². The molecular formula is C21H27N3O. The average Bonchev–Trinajstić information content (AvgIpc) is 2.64. The number of carbonyl (C=O) groups excluding carboxylic acids is 1. The van der Waals surface area contributed by atoms with E-state index in [0.717, 1.165) is 30.9 Å². The molecule has 1 amide bonds. The number of anilines is 2. The molecule has 4 nitrogen and oxygen atoms in total. The van der Waals surface area contributed by atoms with Crippen molar-refractivity contribution in [2.24, 2.45) is 5.73 Å². The zero-order valence-electron chi connectivity index (χ0n) is 15.1. The van der Waals surface area contributed by atoms with Crippen molar-refractivity contribution in [1.82, 2.24) is 0 Å². The summed E-state index contributed by atoms with van der Waals surface area (Å²) in [6.45, 7) is 6.21. The summed E-state index contributed by atoms with van der Waals surface area (Å²) in [7, 11) is 0. The van der Waals surface area contributed by atoms with E-state index in [-0.39, 0.29) is 5.91 Å². The predicted octanol–water partition coefficient (Wildman–Crippen LogP) is 3.36. The maximum atomic E-state index is 12.8. The van der Waals surface area contributed by atoms with E-state index in [9.17, 15) is 4.79 Å². The Hall–Kier alpha value is -2.33. The third kappa shape index (κ3) is 3.69. The molecule has 4 heteroatoms. The van der Waals surface area contributed by atoms with E-state index in [1.165, 1.54) is 11.1 Å². The quantitative estimate of drug-likeness (QED) is 0.879. The zero-order valence-corrected chi connectivity index (χ0v) is 15.1. The molecule has 1 aliphatic rings. The van der Waals surface area contributed by atoms with Crippen LogP contribution in [0, 0.1) is 0 Å². The molecule has 2 aromatic carbocycles. The fourth-order valence-corrected chi connectivity index (χ4v) is 3.55. The molecule has 0 saturated heterocycles. The van der Waals surface area contributed by atoms with Crippen molar-refractivity contribution in [1.29, 1.82) is 0 Å². The first-order valence-electron chi connectivity index (χ1n) is 9.08. The molecule has 1 atom stereocenters. The summed E-state index contributed by atoms with van der Waals surface area (Å²) in [6.07, 6.45) is 2.11. The van der Waals surface area contributed by atoms with Gasteiger partial charge in [-0.15, -0.1) is 0 Å². The van der Waals surface area contributed by atoms with Crippen LogP contribution in [0.2, 0.25) is 0 Å². The van der Waals surface area contributed by atoms with E-state index in [4.69, 9.17) is 5.73 Å². The van der Waals surface area contributed by atoms with E-state index in [2.05, 4.69) is 36.2 Å². The first kappa shape index (κ1) is 17.5. The predicted molar refractivity (Wildman–Crippen MR) is 104 cm³/mol. The summed E-state index contributed by atoms with van der Waals surface area (Å²) in [6, 6.07) is 16.2. The van der Waals surface area contributed by atoms with Crippen LogP contribution in [0.5, 0.6) is 0 Å². The van der Waals surface area contributed by atoms with Gasteiger partial charge >= 0.3 is 0 Å². The maximum absolute atomic E-state index is 12.8. The van der Waals surface area contributed by atoms with Crippen molar-refractivity contribution in [3.05, 3.63) is 59.7 Å². The highest BCUT2D eigenvalue weighted by molar-refractivity contribution is 5.98. The van der Waals surface area contributed by atoms with E-state index in [1.54, 1.807) is 0 Å². The molecule has 132 valence electrons. The van der Waals surface area contributed by atoms with E-state index >= 15 is 0 Å². The van der Waals surface area contributed by atoms with Crippen LogP contribution in [-0.4, -0.2) is 24.5 Å². The van der Waals surface area contributed by atoms with Gasteiger partial charge in [-0.2, -0.15) is 0 Å². The fraction of sp³-hybridized carbons (Fsp3) is 0.381. The molecule has 3 N–H and O–H groups in total. The lowest BCUT2D eigenvalue weighted by Gasteiger charge is -2.33. The Labute approximate surface area is 150 Å². The first-order chi connectivity index (χ1) is 12.1. The molecule has 3 rings (SSSR count). The molecule has 0 spiro atoms. The first-order valence-corrected chi connectivity index (χ1v) is 9.08. The number of carbonyl (C=O) groups is 1. The lowest BCUT2D eigenvalue weighted by atomic mass is 9.78. The number of nitrogens with two attached hydrogens (primary N) is 1. The number of hydrogen-bond acceptors (Lipinski definition) is 3. The van der Waals surface area contributed by atoms with Crippen molar-refractivity contribution < 1.29 is 4.79 Å². The number of amides is 1. The van der Waals surface area contributed by atoms with Gasteiger partial charge < -0.3 is 16.0 Å². The van der Waals surface area contributed by atoms with Gasteiger partial charge in [-0.3, -0.25) is 4.79 Å². The molecule has 25 heavy (non-hydrogen) atoms. The number of fused-ring (bicyclic) bond motifs is 1. The third-order valence-electron chi connectivity index (χ3n) is 5.17. The summed E-state index contributed by atoms with van der Waals surface area (Å²) < 4.78 is 0. The SMILES string of the molecule is CCN(CC)c1ccc(NC(=O)C2(N)CCc3ccccc3C2)cc1. The highest BCUT2D eigenvalue weighted by Gasteiger charge is 2.37. The van der Waals surface area contributed by atoms with Crippen LogP contribution in [0.15, 0.2) is 48.5 Å². The minimum Gasteiger partial charge on any atom is -0.372 e. The number of hydrogen-bond donors (Lipinski definition) is 2. The standard InChI is InChI=1S/C21H27N3O/c1-3-24(4-2)19-11-9-18(10-12-19)23-20(25)21(22)14-13-16-7-5-6-8-17(16)15-21/h5-12H,3-4,13-15,22H2,1-2H3,(H,23,25). The van der Waals surface area contributed by atoms with Crippen LogP contribution in [0.3, 0.4) is 0 Å². The van der Waals surface area contributed by atoms with Gasteiger partial charge in [-0.05, 0) is 68.5 Å². The molecule has 2 aromatic rings. The smallest absolute Gasteiger partial charge is 0.244 e. The Balaban J connectivity index is 1.70. The van der Waals surface area contributed by atoms with Crippen molar-refractivity contribution in [2.75, 3.05) is 23.3 Å². The maximum Gasteiger partial charge on any atom is 0.244 e. The second-order valence-corrected chi connectivity index (χ2v) is 6.77. The Bertz CT molecular complexity index is 737. The van der Waals surface area contributed by atoms with Gasteiger partial charge in [-0.1, -0.05) is 24.3 Å². The fourth-order valence-electron chi connectivity index (χ4n) is 3.55. The molecule has 1 aliphatic carbocycles. The highest BCUT2D eigenvalue weighted by Crippen LogP contribution is 2.28. The number of nitrogens with one attached hydrogen (secondary N) is 1. The molecular weight excluding hydrogens is 310 g/mol. The molecule has 0 bridgehead atoms. The zero-order chi connectivity index (χ0) is 17.9. The summed E-state index contributed by atoms with van der Waals surface area (Å²) >= 11 is 0. The van der Waals surface area contributed by atoms with Crippen LogP contribution < -0.4 is 16.0 Å². The largest absolute Gasteiger partial charge is 0.372 e. The normalized spacial score (nSPS) is 19.2. The monoisotopic (exact) mass is 337 g/mol. The van der Waals surface area contributed by atoms with Crippen molar-refractivity contribution in [3.8, 4) is 0 Å². The van der Waals surface area contributed by atoms with Crippen LogP contribution in [0.1, 0.15) is 31.4 Å². The molecule has 0 aliphatic heterocycles. The van der Waals surface area contributed by atoms with E-state index < -0.39 is 5.54 Å². The molecule has 0 saturated carbocycles. The molecule has 1 unspecified atom stereocenters. The van der Waals surface area contributed by atoms with E-state index in [1.807, 2.05) is 36.4 Å². The van der Waals surface area contributed by atoms with E-state index in [0.29, 0.717) is 12.8 Å². The third-order valence-corrected chi connectivity index (χ3v) is 5.17. The van der Waals surface area contributed by atoms with Gasteiger partial charge in [0.05, 0.1) is 0 Å². The Morgan fingerprint density at radius 2 is 1.72 bits per heavy atom. The molecule has 0 fully saturated rings. The van der Waals surface area contributed by atoms with Gasteiger partial charge in [-0.25, -0.2) is 0 Å². The van der Waals surface area contributed by atoms with Gasteiger partial charge in [0.15, 0.2) is 0 Å². The lowest BCUT2D eigenvalue weighted by molar-refractivity contribution is -0.121. The second kappa shape index (κ2) is 7.28. The van der Waals surface area contributed by atoms with Crippen LogP contribution in [0.4, 0.5) is 11.4 Å².